The number of hydrogen-bond acceptors (Lipinski definition) is 2. The second kappa shape index (κ2) is 8.54. The smallest absolute Gasteiger partial charge is 0.253 e. The fourth-order valence-electron chi connectivity index (χ4n) is 4.95. The molecule has 1 amide bonds. The molecule has 0 saturated carbocycles. The molecule has 1 spiro atoms. The molecule has 1 atom stereocenters. The summed E-state index contributed by atoms with van der Waals surface area (Å²) in [6.07, 6.45) is 7.32. The molecule has 3 nitrogen and oxygen atoms in total. The van der Waals surface area contributed by atoms with E-state index in [9.17, 15) is 4.79 Å². The lowest BCUT2D eigenvalue weighted by molar-refractivity contribution is 0.0773. The van der Waals surface area contributed by atoms with Gasteiger partial charge in [-0.05, 0) is 92.4 Å². The van der Waals surface area contributed by atoms with E-state index in [0.717, 1.165) is 38.2 Å². The van der Waals surface area contributed by atoms with Gasteiger partial charge in [-0.15, -0.1) is 0 Å². The van der Waals surface area contributed by atoms with Crippen molar-refractivity contribution in [1.29, 1.82) is 0 Å². The molecule has 1 unspecified atom stereocenters. The zero-order chi connectivity index (χ0) is 20.3. The SMILES string of the molecule is CCN(CC)C(=O)c1ccc(C2=CC3(CCCNCC3)Cc3ccccc32)cc1. The molecular weight excluding hydrogens is 356 g/mol. The quantitative estimate of drug-likeness (QED) is 0.807. The fourth-order valence-corrected chi connectivity index (χ4v) is 4.95. The van der Waals surface area contributed by atoms with Crippen molar-refractivity contribution in [3.05, 3.63) is 76.9 Å². The Morgan fingerprint density at radius 3 is 2.52 bits per heavy atom. The van der Waals surface area contributed by atoms with Gasteiger partial charge in [0, 0.05) is 18.7 Å². The molecule has 1 N–H and O–H groups in total. The number of allylic oxidation sites excluding steroid dienone is 1. The van der Waals surface area contributed by atoms with Gasteiger partial charge in [0.2, 0.25) is 0 Å². The number of benzene rings is 2. The second-order valence-electron chi connectivity index (χ2n) is 8.41. The van der Waals surface area contributed by atoms with Crippen LogP contribution < -0.4 is 5.32 Å². The number of amides is 1. The van der Waals surface area contributed by atoms with E-state index in [2.05, 4.69) is 47.8 Å². The lowest BCUT2D eigenvalue weighted by Crippen LogP contribution is -2.30. The van der Waals surface area contributed by atoms with Crippen LogP contribution in [0.3, 0.4) is 0 Å². The van der Waals surface area contributed by atoms with Crippen molar-refractivity contribution >= 4 is 11.5 Å². The molecule has 2 aromatic rings. The van der Waals surface area contributed by atoms with Crippen molar-refractivity contribution < 1.29 is 4.79 Å². The van der Waals surface area contributed by atoms with Crippen LogP contribution in [-0.2, 0) is 6.42 Å². The minimum absolute atomic E-state index is 0.117. The maximum absolute atomic E-state index is 12.7. The highest BCUT2D eigenvalue weighted by atomic mass is 16.2. The molecule has 3 heteroatoms. The summed E-state index contributed by atoms with van der Waals surface area (Å²) in [4.78, 5) is 14.6. The van der Waals surface area contributed by atoms with Gasteiger partial charge in [-0.1, -0.05) is 42.5 Å². The Bertz CT molecular complexity index is 885. The highest BCUT2D eigenvalue weighted by Gasteiger charge is 2.34. The lowest BCUT2D eigenvalue weighted by atomic mass is 9.68. The number of fused-ring (bicyclic) bond motifs is 1. The van der Waals surface area contributed by atoms with Crippen LogP contribution in [0, 0.1) is 5.41 Å². The van der Waals surface area contributed by atoms with Gasteiger partial charge < -0.3 is 10.2 Å². The predicted octanol–water partition coefficient (Wildman–Crippen LogP) is 4.92. The zero-order valence-corrected chi connectivity index (χ0v) is 17.7. The first-order chi connectivity index (χ1) is 14.2. The number of nitrogens with one attached hydrogen (secondary N) is 1. The van der Waals surface area contributed by atoms with E-state index in [-0.39, 0.29) is 11.3 Å². The van der Waals surface area contributed by atoms with E-state index in [0.29, 0.717) is 0 Å². The maximum atomic E-state index is 12.7. The summed E-state index contributed by atoms with van der Waals surface area (Å²) in [7, 11) is 0. The Hall–Kier alpha value is -2.39. The van der Waals surface area contributed by atoms with E-state index in [1.807, 2.05) is 30.9 Å². The number of hydrogen-bond donors (Lipinski definition) is 1. The van der Waals surface area contributed by atoms with Crippen molar-refractivity contribution in [1.82, 2.24) is 10.2 Å². The third kappa shape index (κ3) is 4.02. The Morgan fingerprint density at radius 1 is 1.00 bits per heavy atom. The van der Waals surface area contributed by atoms with Gasteiger partial charge >= 0.3 is 0 Å². The van der Waals surface area contributed by atoms with E-state index < -0.39 is 0 Å². The molecule has 2 aromatic carbocycles. The van der Waals surface area contributed by atoms with Crippen molar-refractivity contribution in [2.24, 2.45) is 5.41 Å². The summed E-state index contributed by atoms with van der Waals surface area (Å²) in [6.45, 7) is 7.75. The largest absolute Gasteiger partial charge is 0.339 e. The van der Waals surface area contributed by atoms with Crippen molar-refractivity contribution in [3.63, 3.8) is 0 Å². The highest BCUT2D eigenvalue weighted by Crippen LogP contribution is 2.45. The minimum Gasteiger partial charge on any atom is -0.339 e. The van der Waals surface area contributed by atoms with Crippen LogP contribution >= 0.6 is 0 Å². The fraction of sp³-hybridized carbons (Fsp3) is 0.423. The van der Waals surface area contributed by atoms with Gasteiger partial charge in [0.15, 0.2) is 0 Å². The first-order valence-corrected chi connectivity index (χ1v) is 11.1. The summed E-state index contributed by atoms with van der Waals surface area (Å²) in [5.41, 5.74) is 6.35. The third-order valence-electron chi connectivity index (χ3n) is 6.62. The van der Waals surface area contributed by atoms with E-state index in [1.54, 1.807) is 0 Å². The molecule has 1 aliphatic heterocycles. The first kappa shape index (κ1) is 19.9. The molecular formula is C26H32N2O. The predicted molar refractivity (Wildman–Crippen MR) is 120 cm³/mol. The molecule has 1 aliphatic carbocycles. The average molecular weight is 389 g/mol. The van der Waals surface area contributed by atoms with Crippen LogP contribution in [0.4, 0.5) is 0 Å². The summed E-state index contributed by atoms with van der Waals surface area (Å²) in [5.74, 6) is 0.117. The molecule has 1 fully saturated rings. The normalized spacial score (nSPS) is 21.2. The van der Waals surface area contributed by atoms with Crippen molar-refractivity contribution in [2.75, 3.05) is 26.2 Å². The Labute approximate surface area is 174 Å². The van der Waals surface area contributed by atoms with E-state index in [4.69, 9.17) is 0 Å². The molecule has 1 saturated heterocycles. The molecule has 29 heavy (non-hydrogen) atoms. The first-order valence-electron chi connectivity index (χ1n) is 11.1. The van der Waals surface area contributed by atoms with Gasteiger partial charge in [0.1, 0.15) is 0 Å². The average Bonchev–Trinajstić information content (AvgIpc) is 2.99. The van der Waals surface area contributed by atoms with Gasteiger partial charge in [-0.25, -0.2) is 0 Å². The maximum Gasteiger partial charge on any atom is 0.253 e. The minimum atomic E-state index is 0.117. The molecule has 0 radical (unpaired) electrons. The van der Waals surface area contributed by atoms with Crippen LogP contribution in [-0.4, -0.2) is 37.0 Å². The highest BCUT2D eigenvalue weighted by molar-refractivity contribution is 5.95. The zero-order valence-electron chi connectivity index (χ0n) is 17.7. The second-order valence-corrected chi connectivity index (χ2v) is 8.41. The Balaban J connectivity index is 1.71. The number of rotatable bonds is 4. The molecule has 152 valence electrons. The van der Waals surface area contributed by atoms with Gasteiger partial charge in [0.05, 0.1) is 0 Å². The summed E-state index contributed by atoms with van der Waals surface area (Å²) < 4.78 is 0. The topological polar surface area (TPSA) is 32.3 Å². The number of carbonyl (C=O) groups is 1. The van der Waals surface area contributed by atoms with Crippen LogP contribution in [0.1, 0.15) is 60.2 Å². The van der Waals surface area contributed by atoms with Gasteiger partial charge in [-0.2, -0.15) is 0 Å². The van der Waals surface area contributed by atoms with Crippen LogP contribution in [0.25, 0.3) is 5.57 Å². The molecule has 4 rings (SSSR count). The molecule has 2 aliphatic rings. The number of carbonyl (C=O) groups excluding carboxylic acids is 1. The Morgan fingerprint density at radius 2 is 1.76 bits per heavy atom. The van der Waals surface area contributed by atoms with Crippen molar-refractivity contribution in [3.8, 4) is 0 Å². The third-order valence-corrected chi connectivity index (χ3v) is 6.62. The van der Waals surface area contributed by atoms with Crippen molar-refractivity contribution in [2.45, 2.75) is 39.5 Å². The van der Waals surface area contributed by atoms with Crippen LogP contribution in [0.15, 0.2) is 54.6 Å². The van der Waals surface area contributed by atoms with Gasteiger partial charge in [0.25, 0.3) is 5.91 Å². The molecule has 0 bridgehead atoms. The summed E-state index contributed by atoms with van der Waals surface area (Å²) >= 11 is 0. The standard InChI is InChI=1S/C26H32N2O/c1-3-28(4-2)25(29)21-12-10-20(11-13-21)24-19-26(14-7-16-27-17-15-26)18-22-8-5-6-9-23(22)24/h5-6,8-13,19,27H,3-4,7,14-18H2,1-2H3. The number of nitrogens with zero attached hydrogens (tertiary/aromatic N) is 1. The summed E-state index contributed by atoms with van der Waals surface area (Å²) in [6, 6.07) is 17.1. The Kier molecular flexibility index (Phi) is 5.86. The monoisotopic (exact) mass is 388 g/mol. The van der Waals surface area contributed by atoms with Crippen LogP contribution in [0.5, 0.6) is 0 Å². The summed E-state index contributed by atoms with van der Waals surface area (Å²) in [5, 5.41) is 3.57. The lowest BCUT2D eigenvalue weighted by Gasteiger charge is -2.36. The molecule has 0 aromatic heterocycles. The molecule has 1 heterocycles. The van der Waals surface area contributed by atoms with E-state index >= 15 is 0 Å². The van der Waals surface area contributed by atoms with E-state index in [1.165, 1.54) is 41.5 Å². The van der Waals surface area contributed by atoms with Crippen LogP contribution in [0.2, 0.25) is 0 Å². The van der Waals surface area contributed by atoms with Gasteiger partial charge in [-0.3, -0.25) is 4.79 Å².